The standard InChI is InChI=1S/C14H18N2O4/c17-10(16-9-3-4-9)6-15-13(18)11-7-1-2-8(5-7)12(11)14(19)20/h1-2,7-9,11-12H,3-6H2,(H,15,18)(H,16,17)(H,19,20)/t7?,8?,11-,12+/m0/s1. The minimum Gasteiger partial charge on any atom is -0.481 e. The van der Waals surface area contributed by atoms with Crippen LogP contribution in [0.15, 0.2) is 12.2 Å². The summed E-state index contributed by atoms with van der Waals surface area (Å²) in [5.41, 5.74) is 0. The van der Waals surface area contributed by atoms with Crippen LogP contribution in [0.2, 0.25) is 0 Å². The average Bonchev–Trinajstić information content (AvgIpc) is 2.98. The van der Waals surface area contributed by atoms with Gasteiger partial charge in [-0.25, -0.2) is 0 Å². The van der Waals surface area contributed by atoms with E-state index in [4.69, 9.17) is 0 Å². The van der Waals surface area contributed by atoms with Crippen LogP contribution < -0.4 is 10.6 Å². The quantitative estimate of drug-likeness (QED) is 0.612. The number of carbonyl (C=O) groups excluding carboxylic acids is 2. The first-order valence-electron chi connectivity index (χ1n) is 7.04. The Bertz CT molecular complexity index is 484. The van der Waals surface area contributed by atoms with Crippen molar-refractivity contribution in [2.45, 2.75) is 25.3 Å². The largest absolute Gasteiger partial charge is 0.481 e. The summed E-state index contributed by atoms with van der Waals surface area (Å²) in [6.07, 6.45) is 6.55. The zero-order chi connectivity index (χ0) is 14.3. The molecule has 0 spiro atoms. The lowest BCUT2D eigenvalue weighted by atomic mass is 9.82. The molecule has 4 atom stereocenters. The number of fused-ring (bicyclic) bond motifs is 2. The molecule has 3 aliphatic carbocycles. The van der Waals surface area contributed by atoms with Crippen LogP contribution in [0.3, 0.4) is 0 Å². The van der Waals surface area contributed by atoms with Gasteiger partial charge in [0.15, 0.2) is 0 Å². The van der Waals surface area contributed by atoms with Gasteiger partial charge >= 0.3 is 5.97 Å². The molecule has 0 saturated heterocycles. The lowest BCUT2D eigenvalue weighted by Gasteiger charge is -2.23. The number of nitrogens with one attached hydrogen (secondary N) is 2. The Balaban J connectivity index is 1.57. The number of carboxylic acid groups (broad SMARTS) is 1. The second-order valence-electron chi connectivity index (χ2n) is 5.90. The first-order valence-corrected chi connectivity index (χ1v) is 7.04. The van der Waals surface area contributed by atoms with Crippen molar-refractivity contribution >= 4 is 17.8 Å². The first-order chi connectivity index (χ1) is 9.56. The van der Waals surface area contributed by atoms with Gasteiger partial charge in [0.2, 0.25) is 11.8 Å². The Morgan fingerprint density at radius 1 is 1.10 bits per heavy atom. The van der Waals surface area contributed by atoms with Crippen LogP contribution >= 0.6 is 0 Å². The summed E-state index contributed by atoms with van der Waals surface area (Å²) in [4.78, 5) is 35.0. The predicted octanol–water partition coefficient (Wildman–Crippen LogP) is -0.0959. The number of carboxylic acids is 1. The van der Waals surface area contributed by atoms with Gasteiger partial charge in [-0.1, -0.05) is 12.2 Å². The van der Waals surface area contributed by atoms with Gasteiger partial charge in [0.05, 0.1) is 18.4 Å². The molecule has 3 N–H and O–H groups in total. The third-order valence-corrected chi connectivity index (χ3v) is 4.41. The molecule has 2 saturated carbocycles. The van der Waals surface area contributed by atoms with Gasteiger partial charge in [-0.2, -0.15) is 0 Å². The normalized spacial score (nSPS) is 34.0. The number of hydrogen-bond acceptors (Lipinski definition) is 3. The summed E-state index contributed by atoms with van der Waals surface area (Å²) in [5, 5.41) is 14.6. The van der Waals surface area contributed by atoms with Crippen molar-refractivity contribution in [3.63, 3.8) is 0 Å². The van der Waals surface area contributed by atoms with Crippen molar-refractivity contribution in [3.8, 4) is 0 Å². The van der Waals surface area contributed by atoms with E-state index in [0.29, 0.717) is 0 Å². The van der Waals surface area contributed by atoms with E-state index >= 15 is 0 Å². The van der Waals surface area contributed by atoms with E-state index in [9.17, 15) is 19.5 Å². The van der Waals surface area contributed by atoms with Crippen LogP contribution in [0.1, 0.15) is 19.3 Å². The van der Waals surface area contributed by atoms with Crippen molar-refractivity contribution < 1.29 is 19.5 Å². The molecule has 6 heteroatoms. The van der Waals surface area contributed by atoms with Gasteiger partial charge in [0.1, 0.15) is 0 Å². The summed E-state index contributed by atoms with van der Waals surface area (Å²) < 4.78 is 0. The Kier molecular flexibility index (Phi) is 3.23. The Morgan fingerprint density at radius 3 is 2.35 bits per heavy atom. The summed E-state index contributed by atoms with van der Waals surface area (Å²) in [7, 11) is 0. The smallest absolute Gasteiger partial charge is 0.307 e. The molecule has 2 fully saturated rings. The van der Waals surface area contributed by atoms with Crippen LogP contribution in [0.25, 0.3) is 0 Å². The fourth-order valence-electron chi connectivity index (χ4n) is 3.31. The van der Waals surface area contributed by atoms with Gasteiger partial charge in [-0.3, -0.25) is 14.4 Å². The molecule has 6 nitrogen and oxygen atoms in total. The van der Waals surface area contributed by atoms with Crippen LogP contribution in [-0.2, 0) is 14.4 Å². The molecule has 0 aliphatic heterocycles. The molecule has 2 amide bonds. The summed E-state index contributed by atoms with van der Waals surface area (Å²) in [5.74, 6) is -2.70. The highest BCUT2D eigenvalue weighted by atomic mass is 16.4. The van der Waals surface area contributed by atoms with Gasteiger partial charge in [0, 0.05) is 6.04 Å². The molecular formula is C14H18N2O4. The molecule has 3 rings (SSSR count). The summed E-state index contributed by atoms with van der Waals surface area (Å²) in [6, 6.07) is 0.261. The third-order valence-electron chi connectivity index (χ3n) is 4.41. The Hall–Kier alpha value is -1.85. The number of hydrogen-bond donors (Lipinski definition) is 3. The highest BCUT2D eigenvalue weighted by Crippen LogP contribution is 2.48. The molecule has 0 radical (unpaired) electrons. The van der Waals surface area contributed by atoms with E-state index in [1.54, 1.807) is 0 Å². The SMILES string of the molecule is O=C(CNC(=O)[C@H]1C2C=CC(C2)[C@H]1C(=O)O)NC1CC1. The monoisotopic (exact) mass is 278 g/mol. The minimum absolute atomic E-state index is 0.00686. The highest BCUT2D eigenvalue weighted by molar-refractivity contribution is 5.90. The second kappa shape index (κ2) is 4.92. The summed E-state index contributed by atoms with van der Waals surface area (Å²) >= 11 is 0. The predicted molar refractivity (Wildman–Crippen MR) is 69.5 cm³/mol. The molecule has 0 heterocycles. The van der Waals surface area contributed by atoms with E-state index < -0.39 is 17.8 Å². The molecule has 3 aliphatic rings. The molecule has 0 aromatic heterocycles. The topological polar surface area (TPSA) is 95.5 Å². The molecule has 20 heavy (non-hydrogen) atoms. The zero-order valence-corrected chi connectivity index (χ0v) is 11.0. The minimum atomic E-state index is -0.926. The molecular weight excluding hydrogens is 260 g/mol. The molecule has 108 valence electrons. The van der Waals surface area contributed by atoms with E-state index in [-0.39, 0.29) is 36.2 Å². The lowest BCUT2D eigenvalue weighted by Crippen LogP contribution is -2.44. The van der Waals surface area contributed by atoms with Gasteiger partial charge in [0.25, 0.3) is 0 Å². The molecule has 2 bridgehead atoms. The third kappa shape index (κ3) is 2.42. The first kappa shape index (κ1) is 13.1. The van der Waals surface area contributed by atoms with Gasteiger partial charge < -0.3 is 15.7 Å². The van der Waals surface area contributed by atoms with Crippen molar-refractivity contribution in [1.29, 1.82) is 0 Å². The highest BCUT2D eigenvalue weighted by Gasteiger charge is 2.51. The van der Waals surface area contributed by atoms with Crippen LogP contribution in [0.5, 0.6) is 0 Å². The fourth-order valence-corrected chi connectivity index (χ4v) is 3.31. The van der Waals surface area contributed by atoms with Crippen molar-refractivity contribution in [1.82, 2.24) is 10.6 Å². The number of aliphatic carboxylic acids is 1. The van der Waals surface area contributed by atoms with Crippen molar-refractivity contribution in [3.05, 3.63) is 12.2 Å². The molecule has 0 aromatic rings. The van der Waals surface area contributed by atoms with E-state index in [1.807, 2.05) is 12.2 Å². The van der Waals surface area contributed by atoms with E-state index in [1.165, 1.54) is 0 Å². The Labute approximate surface area is 116 Å². The lowest BCUT2D eigenvalue weighted by molar-refractivity contribution is -0.147. The maximum absolute atomic E-state index is 12.2. The second-order valence-corrected chi connectivity index (χ2v) is 5.90. The van der Waals surface area contributed by atoms with Crippen LogP contribution in [0, 0.1) is 23.7 Å². The number of allylic oxidation sites excluding steroid dienone is 2. The maximum atomic E-state index is 12.2. The number of rotatable bonds is 5. The fraction of sp³-hybridized carbons (Fsp3) is 0.643. The summed E-state index contributed by atoms with van der Waals surface area (Å²) in [6.45, 7) is -0.0702. The molecule has 2 unspecified atom stereocenters. The maximum Gasteiger partial charge on any atom is 0.307 e. The number of carbonyl (C=O) groups is 3. The average molecular weight is 278 g/mol. The van der Waals surface area contributed by atoms with Crippen LogP contribution in [-0.4, -0.2) is 35.5 Å². The van der Waals surface area contributed by atoms with E-state index in [2.05, 4.69) is 10.6 Å². The van der Waals surface area contributed by atoms with Crippen molar-refractivity contribution in [2.24, 2.45) is 23.7 Å². The molecule has 0 aromatic carbocycles. The van der Waals surface area contributed by atoms with Crippen LogP contribution in [0.4, 0.5) is 0 Å². The van der Waals surface area contributed by atoms with Gasteiger partial charge in [-0.15, -0.1) is 0 Å². The zero-order valence-electron chi connectivity index (χ0n) is 11.0. The van der Waals surface area contributed by atoms with E-state index in [0.717, 1.165) is 19.3 Å². The number of amides is 2. The van der Waals surface area contributed by atoms with Crippen molar-refractivity contribution in [2.75, 3.05) is 6.54 Å². The Morgan fingerprint density at radius 2 is 1.75 bits per heavy atom. The van der Waals surface area contributed by atoms with Gasteiger partial charge in [-0.05, 0) is 31.1 Å².